The first-order valence-electron chi connectivity index (χ1n) is 7.92. The van der Waals surface area contributed by atoms with Crippen molar-refractivity contribution in [3.05, 3.63) is 59.2 Å². The average molecular weight is 337 g/mol. The van der Waals surface area contributed by atoms with Crippen molar-refractivity contribution in [2.24, 2.45) is 0 Å². The summed E-state index contributed by atoms with van der Waals surface area (Å²) < 4.78 is 0. The molecule has 2 aromatic rings. The Labute approximate surface area is 146 Å². The molecule has 25 heavy (non-hydrogen) atoms. The molecule has 0 saturated heterocycles. The van der Waals surface area contributed by atoms with Gasteiger partial charge in [-0.05, 0) is 50.8 Å². The number of rotatable bonds is 4. The first-order chi connectivity index (χ1) is 11.9. The molecule has 0 fully saturated rings. The zero-order valence-electron chi connectivity index (χ0n) is 14.4. The Balaban J connectivity index is 1.95. The van der Waals surface area contributed by atoms with Crippen molar-refractivity contribution in [2.75, 3.05) is 30.9 Å². The second-order valence-corrected chi connectivity index (χ2v) is 6.23. The molecule has 2 aromatic carbocycles. The fourth-order valence-electron chi connectivity index (χ4n) is 2.89. The summed E-state index contributed by atoms with van der Waals surface area (Å²) in [4.78, 5) is 40.2. The number of fused-ring (bicyclic) bond motifs is 1. The topological polar surface area (TPSA) is 69.7 Å². The Hall–Kier alpha value is -2.99. The minimum absolute atomic E-state index is 0.160. The minimum Gasteiger partial charge on any atom is -0.325 e. The van der Waals surface area contributed by atoms with Crippen LogP contribution in [-0.2, 0) is 4.79 Å². The molecule has 0 spiro atoms. The van der Waals surface area contributed by atoms with E-state index in [9.17, 15) is 14.4 Å². The molecule has 0 unspecified atom stereocenters. The van der Waals surface area contributed by atoms with Gasteiger partial charge < -0.3 is 10.2 Å². The molecule has 1 heterocycles. The van der Waals surface area contributed by atoms with Gasteiger partial charge in [0.15, 0.2) is 0 Å². The van der Waals surface area contributed by atoms with Crippen molar-refractivity contribution < 1.29 is 14.4 Å². The third kappa shape index (κ3) is 3.04. The number of likely N-dealkylation sites (N-methyl/N-ethyl adjacent to an activating group) is 1. The van der Waals surface area contributed by atoms with Crippen LogP contribution in [0.25, 0.3) is 0 Å². The fourth-order valence-corrected chi connectivity index (χ4v) is 2.89. The first kappa shape index (κ1) is 16.9. The van der Waals surface area contributed by atoms with E-state index in [1.807, 2.05) is 14.1 Å². The number of carbonyl (C=O) groups is 3. The van der Waals surface area contributed by atoms with Gasteiger partial charge in [0.25, 0.3) is 11.8 Å². The van der Waals surface area contributed by atoms with Crippen LogP contribution in [0.15, 0.2) is 42.5 Å². The molecule has 6 heteroatoms. The molecular formula is C19H19N3O3. The summed E-state index contributed by atoms with van der Waals surface area (Å²) in [5.41, 5.74) is 2.53. The van der Waals surface area contributed by atoms with Gasteiger partial charge in [-0.25, -0.2) is 4.90 Å². The minimum atomic E-state index is -0.347. The van der Waals surface area contributed by atoms with Crippen LogP contribution in [0.4, 0.5) is 11.4 Å². The van der Waals surface area contributed by atoms with E-state index in [0.717, 1.165) is 0 Å². The van der Waals surface area contributed by atoms with Gasteiger partial charge in [0.05, 0.1) is 23.4 Å². The zero-order valence-corrected chi connectivity index (χ0v) is 14.4. The molecule has 128 valence electrons. The molecule has 1 aliphatic heterocycles. The van der Waals surface area contributed by atoms with E-state index >= 15 is 0 Å². The van der Waals surface area contributed by atoms with Gasteiger partial charge in [-0.2, -0.15) is 0 Å². The van der Waals surface area contributed by atoms with E-state index in [2.05, 4.69) is 5.32 Å². The van der Waals surface area contributed by atoms with Crippen molar-refractivity contribution in [3.8, 4) is 0 Å². The van der Waals surface area contributed by atoms with Gasteiger partial charge >= 0.3 is 0 Å². The molecular weight excluding hydrogens is 318 g/mol. The Morgan fingerprint density at radius 2 is 1.60 bits per heavy atom. The van der Waals surface area contributed by atoms with E-state index in [1.54, 1.807) is 54.3 Å². The number of hydrogen-bond donors (Lipinski definition) is 1. The molecule has 0 aliphatic carbocycles. The number of amides is 3. The van der Waals surface area contributed by atoms with Gasteiger partial charge in [-0.3, -0.25) is 14.4 Å². The maximum absolute atomic E-state index is 12.6. The predicted molar refractivity (Wildman–Crippen MR) is 95.9 cm³/mol. The quantitative estimate of drug-likeness (QED) is 0.869. The monoisotopic (exact) mass is 337 g/mol. The lowest BCUT2D eigenvalue weighted by atomic mass is 10.1. The highest BCUT2D eigenvalue weighted by atomic mass is 16.2. The highest BCUT2D eigenvalue weighted by molar-refractivity contribution is 6.34. The van der Waals surface area contributed by atoms with Crippen LogP contribution >= 0.6 is 0 Å². The molecule has 3 amide bonds. The lowest BCUT2D eigenvalue weighted by Gasteiger charge is -2.19. The van der Waals surface area contributed by atoms with Crippen molar-refractivity contribution in [3.63, 3.8) is 0 Å². The van der Waals surface area contributed by atoms with Crippen LogP contribution in [0, 0.1) is 6.92 Å². The Bertz CT molecular complexity index is 839. The molecule has 0 bridgehead atoms. The summed E-state index contributed by atoms with van der Waals surface area (Å²) in [5.74, 6) is -0.853. The maximum Gasteiger partial charge on any atom is 0.266 e. The zero-order chi connectivity index (χ0) is 18.1. The average Bonchev–Trinajstić information content (AvgIpc) is 2.81. The van der Waals surface area contributed by atoms with Gasteiger partial charge in [0.2, 0.25) is 5.91 Å². The Kier molecular flexibility index (Phi) is 4.37. The molecule has 0 saturated carbocycles. The molecule has 0 atom stereocenters. The van der Waals surface area contributed by atoms with E-state index < -0.39 is 0 Å². The second-order valence-electron chi connectivity index (χ2n) is 6.23. The van der Waals surface area contributed by atoms with Crippen LogP contribution in [0.1, 0.15) is 26.3 Å². The maximum atomic E-state index is 12.6. The Morgan fingerprint density at radius 3 is 2.16 bits per heavy atom. The third-order valence-corrected chi connectivity index (χ3v) is 4.07. The number of nitrogens with one attached hydrogen (secondary N) is 1. The lowest BCUT2D eigenvalue weighted by Crippen LogP contribution is -2.31. The first-order valence-corrected chi connectivity index (χ1v) is 7.92. The third-order valence-electron chi connectivity index (χ3n) is 4.07. The summed E-state index contributed by atoms with van der Waals surface area (Å²) >= 11 is 0. The highest BCUT2D eigenvalue weighted by Crippen LogP contribution is 2.33. The number of nitrogens with zero attached hydrogens (tertiary/aromatic N) is 2. The van der Waals surface area contributed by atoms with E-state index in [-0.39, 0.29) is 24.3 Å². The van der Waals surface area contributed by atoms with Crippen LogP contribution in [-0.4, -0.2) is 43.3 Å². The summed E-state index contributed by atoms with van der Waals surface area (Å²) in [7, 11) is 3.61. The number of hydrogen-bond acceptors (Lipinski definition) is 4. The number of anilines is 2. The number of imide groups is 1. The van der Waals surface area contributed by atoms with Crippen molar-refractivity contribution in [2.45, 2.75) is 6.92 Å². The summed E-state index contributed by atoms with van der Waals surface area (Å²) in [5, 5.41) is 2.83. The van der Waals surface area contributed by atoms with Crippen LogP contribution in [0.5, 0.6) is 0 Å². The molecule has 1 N–H and O–H groups in total. The fraction of sp³-hybridized carbons (Fsp3) is 0.211. The van der Waals surface area contributed by atoms with E-state index in [4.69, 9.17) is 0 Å². The van der Waals surface area contributed by atoms with Crippen LogP contribution in [0.3, 0.4) is 0 Å². The van der Waals surface area contributed by atoms with E-state index in [0.29, 0.717) is 28.1 Å². The highest BCUT2D eigenvalue weighted by Gasteiger charge is 2.37. The summed E-state index contributed by atoms with van der Waals surface area (Å²) in [6.07, 6.45) is 0. The molecule has 6 nitrogen and oxygen atoms in total. The standard InChI is InChI=1S/C19H19N3O3/c1-12-15(20-17(23)11-21(2)3)9-6-10-16(12)22-18(24)13-7-4-5-8-14(13)19(22)25/h4-10H,11H2,1-3H3,(H,20,23). The van der Waals surface area contributed by atoms with Gasteiger partial charge in [0.1, 0.15) is 0 Å². The normalized spacial score (nSPS) is 13.4. The number of carbonyl (C=O) groups excluding carboxylic acids is 3. The molecule has 3 rings (SSSR count). The number of benzene rings is 2. The van der Waals surface area contributed by atoms with Crippen molar-refractivity contribution >= 4 is 29.1 Å². The largest absolute Gasteiger partial charge is 0.325 e. The smallest absolute Gasteiger partial charge is 0.266 e. The van der Waals surface area contributed by atoms with Crippen molar-refractivity contribution in [1.82, 2.24) is 4.90 Å². The van der Waals surface area contributed by atoms with Gasteiger partial charge in [-0.15, -0.1) is 0 Å². The second kappa shape index (κ2) is 6.49. The van der Waals surface area contributed by atoms with Crippen LogP contribution < -0.4 is 10.2 Å². The van der Waals surface area contributed by atoms with E-state index in [1.165, 1.54) is 4.90 Å². The Morgan fingerprint density at radius 1 is 1.00 bits per heavy atom. The molecule has 0 radical (unpaired) electrons. The van der Waals surface area contributed by atoms with Crippen LogP contribution in [0.2, 0.25) is 0 Å². The SMILES string of the molecule is Cc1c(NC(=O)CN(C)C)cccc1N1C(=O)c2ccccc2C1=O. The van der Waals surface area contributed by atoms with Gasteiger partial charge in [-0.1, -0.05) is 18.2 Å². The predicted octanol–water partition coefficient (Wildman–Crippen LogP) is 2.30. The summed E-state index contributed by atoms with van der Waals surface area (Å²) in [6.45, 7) is 2.03. The molecule has 1 aliphatic rings. The van der Waals surface area contributed by atoms with Gasteiger partial charge in [0, 0.05) is 5.69 Å². The van der Waals surface area contributed by atoms with Crippen molar-refractivity contribution in [1.29, 1.82) is 0 Å². The molecule has 0 aromatic heterocycles. The lowest BCUT2D eigenvalue weighted by molar-refractivity contribution is -0.116. The summed E-state index contributed by atoms with van der Waals surface area (Å²) in [6, 6.07) is 11.9.